The normalized spacial score (nSPS) is 14.5. The molecule has 0 bridgehead atoms. The zero-order chi connectivity index (χ0) is 16.7. The molecule has 1 aromatic carbocycles. The van der Waals surface area contributed by atoms with E-state index < -0.39 is 11.8 Å². The van der Waals surface area contributed by atoms with Crippen molar-refractivity contribution in [3.63, 3.8) is 0 Å². The van der Waals surface area contributed by atoms with Gasteiger partial charge in [0.15, 0.2) is 11.5 Å². The van der Waals surface area contributed by atoms with Crippen molar-refractivity contribution in [2.45, 2.75) is 38.2 Å². The third kappa shape index (κ3) is 5.35. The van der Waals surface area contributed by atoms with Crippen molar-refractivity contribution >= 4 is 23.9 Å². The Kier molecular flexibility index (Phi) is 6.58. The monoisotopic (exact) mass is 338 g/mol. The van der Waals surface area contributed by atoms with E-state index >= 15 is 0 Å². The van der Waals surface area contributed by atoms with Gasteiger partial charge in [-0.1, -0.05) is 6.07 Å². The quantitative estimate of drug-likeness (QED) is 0.584. The summed E-state index contributed by atoms with van der Waals surface area (Å²) < 4.78 is 11.6. The van der Waals surface area contributed by atoms with Gasteiger partial charge in [-0.3, -0.25) is 9.59 Å². The molecule has 1 fully saturated rings. The van der Waals surface area contributed by atoms with Crippen LogP contribution in [-0.2, 0) is 16.0 Å². The predicted octanol–water partition coefficient (Wildman–Crippen LogP) is 1.81. The minimum Gasteiger partial charge on any atom is -0.486 e. The maximum Gasteiger partial charge on any atom is 0.309 e. The minimum atomic E-state index is -0.973. The lowest BCUT2D eigenvalue weighted by Crippen LogP contribution is -2.37. The van der Waals surface area contributed by atoms with Gasteiger partial charge in [-0.05, 0) is 49.8 Å². The fraction of sp³-hybridized carbons (Fsp3) is 0.500. The van der Waals surface area contributed by atoms with E-state index in [0.717, 1.165) is 24.2 Å². The molecule has 0 saturated heterocycles. The molecule has 0 atom stereocenters. The Bertz CT molecular complexity index is 559. The summed E-state index contributed by atoms with van der Waals surface area (Å²) in [5, 5.41) is 2.47. The maximum atomic E-state index is 11.1. The van der Waals surface area contributed by atoms with Gasteiger partial charge in [-0.2, -0.15) is 0 Å². The van der Waals surface area contributed by atoms with Crippen molar-refractivity contribution in [2.75, 3.05) is 12.8 Å². The number of primary amides is 1. The number of ether oxygens (including phenoxy) is 1. The zero-order valence-electron chi connectivity index (χ0n) is 13.2. The van der Waals surface area contributed by atoms with Crippen LogP contribution >= 0.6 is 12.0 Å². The number of nitrogens with one attached hydrogen (secondary N) is 1. The molecule has 1 aromatic rings. The average molecular weight is 338 g/mol. The predicted molar refractivity (Wildman–Crippen MR) is 89.4 cm³/mol. The van der Waals surface area contributed by atoms with E-state index in [4.69, 9.17) is 14.7 Å². The SMILES string of the molecule is CSOc1ccc(CCNC(=O)C(N)=O)cc1OC1CCCC1. The van der Waals surface area contributed by atoms with Crippen LogP contribution in [0.15, 0.2) is 18.2 Å². The van der Waals surface area contributed by atoms with E-state index in [1.807, 2.05) is 24.5 Å². The number of hydrogen-bond donors (Lipinski definition) is 2. The van der Waals surface area contributed by atoms with E-state index in [1.54, 1.807) is 0 Å². The summed E-state index contributed by atoms with van der Waals surface area (Å²) in [5.41, 5.74) is 5.89. The Balaban J connectivity index is 1.99. The molecule has 3 N–H and O–H groups in total. The molecule has 2 amide bonds. The van der Waals surface area contributed by atoms with E-state index in [0.29, 0.717) is 18.7 Å². The highest BCUT2D eigenvalue weighted by Gasteiger charge is 2.19. The van der Waals surface area contributed by atoms with E-state index in [-0.39, 0.29) is 6.10 Å². The summed E-state index contributed by atoms with van der Waals surface area (Å²) in [5.74, 6) is -0.312. The fourth-order valence-corrected chi connectivity index (χ4v) is 2.87. The highest BCUT2D eigenvalue weighted by Crippen LogP contribution is 2.34. The second-order valence-electron chi connectivity index (χ2n) is 5.43. The van der Waals surface area contributed by atoms with Crippen LogP contribution in [0.3, 0.4) is 0 Å². The number of carbonyl (C=O) groups is 2. The van der Waals surface area contributed by atoms with Gasteiger partial charge in [0, 0.05) is 12.8 Å². The number of amides is 2. The Morgan fingerprint density at radius 2 is 2.04 bits per heavy atom. The molecule has 23 heavy (non-hydrogen) atoms. The highest BCUT2D eigenvalue weighted by atomic mass is 32.2. The van der Waals surface area contributed by atoms with Gasteiger partial charge in [0.05, 0.1) is 18.1 Å². The number of nitrogens with two attached hydrogens (primary N) is 1. The van der Waals surface area contributed by atoms with Crippen molar-refractivity contribution in [1.82, 2.24) is 5.32 Å². The van der Waals surface area contributed by atoms with Crippen molar-refractivity contribution in [1.29, 1.82) is 0 Å². The Hall–Kier alpha value is -1.89. The number of rotatable bonds is 7. The van der Waals surface area contributed by atoms with Crippen LogP contribution in [-0.4, -0.2) is 30.7 Å². The first-order valence-corrected chi connectivity index (χ1v) is 8.83. The smallest absolute Gasteiger partial charge is 0.309 e. The molecule has 2 rings (SSSR count). The largest absolute Gasteiger partial charge is 0.486 e. The van der Waals surface area contributed by atoms with Crippen molar-refractivity contribution in [3.05, 3.63) is 23.8 Å². The number of benzene rings is 1. The molecule has 126 valence electrons. The van der Waals surface area contributed by atoms with Crippen LogP contribution < -0.4 is 20.0 Å². The topological polar surface area (TPSA) is 90.6 Å². The highest BCUT2D eigenvalue weighted by molar-refractivity contribution is 7.94. The van der Waals surface area contributed by atoms with Crippen molar-refractivity contribution in [3.8, 4) is 11.5 Å². The lowest BCUT2D eigenvalue weighted by atomic mass is 10.1. The van der Waals surface area contributed by atoms with Gasteiger partial charge in [-0.15, -0.1) is 0 Å². The number of hydrogen-bond acceptors (Lipinski definition) is 5. The van der Waals surface area contributed by atoms with Crippen LogP contribution in [0.1, 0.15) is 31.2 Å². The van der Waals surface area contributed by atoms with Gasteiger partial charge in [0.25, 0.3) is 0 Å². The molecule has 0 aliphatic heterocycles. The molecule has 1 aliphatic carbocycles. The van der Waals surface area contributed by atoms with Gasteiger partial charge in [-0.25, -0.2) is 0 Å². The van der Waals surface area contributed by atoms with Gasteiger partial charge in [0.2, 0.25) is 0 Å². The van der Waals surface area contributed by atoms with E-state index in [9.17, 15) is 9.59 Å². The fourth-order valence-electron chi connectivity index (χ4n) is 2.55. The molecule has 0 aromatic heterocycles. The molecule has 0 unspecified atom stereocenters. The van der Waals surface area contributed by atoms with Gasteiger partial charge in [0.1, 0.15) is 0 Å². The second kappa shape index (κ2) is 8.67. The molecule has 0 heterocycles. The summed E-state index contributed by atoms with van der Waals surface area (Å²) in [6, 6.07) is 5.72. The standard InChI is InChI=1S/C16H22N2O4S/c1-23-22-13-7-6-11(8-9-18-16(20)15(17)19)10-14(13)21-12-4-2-3-5-12/h6-7,10,12H,2-5,8-9H2,1H3,(H2,17,19)(H,18,20). The van der Waals surface area contributed by atoms with E-state index in [1.165, 1.54) is 24.9 Å². The first-order chi connectivity index (χ1) is 11.1. The third-order valence-electron chi connectivity index (χ3n) is 3.70. The van der Waals surface area contributed by atoms with Crippen molar-refractivity contribution in [2.24, 2.45) is 5.73 Å². The molecular weight excluding hydrogens is 316 g/mol. The van der Waals surface area contributed by atoms with Crippen LogP contribution in [0, 0.1) is 0 Å². The summed E-state index contributed by atoms with van der Waals surface area (Å²) in [7, 11) is 0. The molecule has 7 heteroatoms. The first kappa shape index (κ1) is 17.5. The van der Waals surface area contributed by atoms with Crippen LogP contribution in [0.4, 0.5) is 0 Å². The molecular formula is C16H22N2O4S. The first-order valence-electron chi connectivity index (χ1n) is 7.68. The summed E-state index contributed by atoms with van der Waals surface area (Å²) in [6.07, 6.45) is 7.20. The Morgan fingerprint density at radius 1 is 1.30 bits per heavy atom. The summed E-state index contributed by atoms with van der Waals surface area (Å²) in [4.78, 5) is 21.8. The Labute approximate surface area is 140 Å². The van der Waals surface area contributed by atoms with E-state index in [2.05, 4.69) is 5.32 Å². The molecule has 0 radical (unpaired) electrons. The second-order valence-corrected chi connectivity index (χ2v) is 5.93. The lowest BCUT2D eigenvalue weighted by Gasteiger charge is -2.17. The molecule has 1 aliphatic rings. The lowest BCUT2D eigenvalue weighted by molar-refractivity contribution is -0.137. The van der Waals surface area contributed by atoms with Crippen LogP contribution in [0.5, 0.6) is 11.5 Å². The summed E-state index contributed by atoms with van der Waals surface area (Å²) >= 11 is 1.27. The molecule has 1 saturated carbocycles. The number of carbonyl (C=O) groups excluding carboxylic acids is 2. The van der Waals surface area contributed by atoms with Crippen molar-refractivity contribution < 1.29 is 18.5 Å². The third-order valence-corrected chi connectivity index (χ3v) is 4.05. The Morgan fingerprint density at radius 3 is 2.70 bits per heavy atom. The average Bonchev–Trinajstić information content (AvgIpc) is 3.02. The summed E-state index contributed by atoms with van der Waals surface area (Å²) in [6.45, 7) is 0.341. The zero-order valence-corrected chi connectivity index (χ0v) is 14.0. The minimum absolute atomic E-state index is 0.240. The van der Waals surface area contributed by atoms with Crippen LogP contribution in [0.25, 0.3) is 0 Å². The van der Waals surface area contributed by atoms with Crippen LogP contribution in [0.2, 0.25) is 0 Å². The van der Waals surface area contributed by atoms with Gasteiger partial charge >= 0.3 is 11.8 Å². The molecule has 6 nitrogen and oxygen atoms in total. The molecule has 0 spiro atoms. The maximum absolute atomic E-state index is 11.1. The van der Waals surface area contributed by atoms with Gasteiger partial charge < -0.3 is 20.0 Å².